The van der Waals surface area contributed by atoms with Crippen molar-refractivity contribution >= 4 is 0 Å². The smallest absolute Gasteiger partial charge is 0.127 e. The normalized spacial score (nSPS) is 23.5. The van der Waals surface area contributed by atoms with Crippen LogP contribution >= 0.6 is 0 Å². The summed E-state index contributed by atoms with van der Waals surface area (Å²) in [5.74, 6) is 1.02. The van der Waals surface area contributed by atoms with E-state index >= 15 is 0 Å². The zero-order valence-corrected chi connectivity index (χ0v) is 10.4. The monoisotopic (exact) mass is 249 g/mol. The summed E-state index contributed by atoms with van der Waals surface area (Å²) in [5, 5.41) is 22.0. The molecule has 0 spiro atoms. The molecule has 0 amide bonds. The molecule has 1 aliphatic carbocycles. The van der Waals surface area contributed by atoms with Gasteiger partial charge in [-0.15, -0.1) is 0 Å². The molecule has 2 aliphatic rings. The predicted molar refractivity (Wildman–Crippen MR) is 67.7 cm³/mol. The highest BCUT2D eigenvalue weighted by atomic mass is 16.5. The fourth-order valence-corrected chi connectivity index (χ4v) is 2.64. The lowest BCUT2D eigenvalue weighted by molar-refractivity contribution is 0.237. The Labute approximate surface area is 107 Å². The van der Waals surface area contributed by atoms with Gasteiger partial charge in [-0.1, -0.05) is 0 Å². The molecule has 1 aromatic rings. The van der Waals surface area contributed by atoms with Gasteiger partial charge in [-0.25, -0.2) is 0 Å². The molecule has 4 nitrogen and oxygen atoms in total. The Balaban J connectivity index is 1.63. The van der Waals surface area contributed by atoms with Gasteiger partial charge in [0.25, 0.3) is 0 Å². The van der Waals surface area contributed by atoms with Crippen LogP contribution in [-0.4, -0.2) is 30.0 Å². The fraction of sp³-hybridized carbons (Fsp3) is 0.571. The maximum atomic E-state index is 9.39. The van der Waals surface area contributed by atoms with Gasteiger partial charge < -0.3 is 20.3 Å². The van der Waals surface area contributed by atoms with E-state index in [9.17, 15) is 5.11 Å². The summed E-state index contributed by atoms with van der Waals surface area (Å²) in [6, 6.07) is 5.48. The third kappa shape index (κ3) is 2.18. The maximum absolute atomic E-state index is 9.39. The summed E-state index contributed by atoms with van der Waals surface area (Å²) in [6.07, 6.45) is 3.29. The van der Waals surface area contributed by atoms with E-state index in [0.717, 1.165) is 24.3 Å². The predicted octanol–water partition coefficient (Wildman–Crippen LogP) is 1.58. The molecule has 18 heavy (non-hydrogen) atoms. The van der Waals surface area contributed by atoms with Gasteiger partial charge in [0.15, 0.2) is 0 Å². The second-order valence-corrected chi connectivity index (χ2v) is 5.44. The lowest BCUT2D eigenvalue weighted by atomic mass is 10.0. The van der Waals surface area contributed by atoms with Gasteiger partial charge in [0.1, 0.15) is 18.1 Å². The lowest BCUT2D eigenvalue weighted by Crippen LogP contribution is -2.29. The van der Waals surface area contributed by atoms with Crippen LogP contribution in [0.1, 0.15) is 30.9 Å². The van der Waals surface area contributed by atoms with Crippen LogP contribution in [0.3, 0.4) is 0 Å². The van der Waals surface area contributed by atoms with Crippen molar-refractivity contribution in [3.8, 4) is 11.5 Å². The van der Waals surface area contributed by atoms with Gasteiger partial charge in [-0.05, 0) is 36.8 Å². The molecule has 1 saturated carbocycles. The van der Waals surface area contributed by atoms with Gasteiger partial charge in [0.05, 0.1) is 6.04 Å². The molecule has 0 bridgehead atoms. The average molecular weight is 249 g/mol. The number of hydrogen-bond acceptors (Lipinski definition) is 4. The molecule has 0 saturated heterocycles. The summed E-state index contributed by atoms with van der Waals surface area (Å²) in [6.45, 7) is 1.82. The summed E-state index contributed by atoms with van der Waals surface area (Å²) < 4.78 is 5.57. The number of ether oxygens (including phenoxy) is 1. The SMILES string of the molecule is OCCC1(CNC2COc3cc(O)ccc32)CC1. The van der Waals surface area contributed by atoms with E-state index in [-0.39, 0.29) is 18.4 Å². The van der Waals surface area contributed by atoms with E-state index in [1.165, 1.54) is 12.8 Å². The van der Waals surface area contributed by atoms with E-state index in [4.69, 9.17) is 9.84 Å². The van der Waals surface area contributed by atoms with Gasteiger partial charge in [0.2, 0.25) is 0 Å². The van der Waals surface area contributed by atoms with Crippen LogP contribution in [-0.2, 0) is 0 Å². The van der Waals surface area contributed by atoms with E-state index < -0.39 is 0 Å². The Morgan fingerprint density at radius 3 is 2.94 bits per heavy atom. The topological polar surface area (TPSA) is 61.7 Å². The number of aliphatic hydroxyl groups is 1. The van der Waals surface area contributed by atoms with E-state index in [0.29, 0.717) is 12.0 Å². The van der Waals surface area contributed by atoms with Crippen molar-refractivity contribution < 1.29 is 14.9 Å². The highest BCUT2D eigenvalue weighted by molar-refractivity contribution is 5.44. The number of fused-ring (bicyclic) bond motifs is 1. The highest BCUT2D eigenvalue weighted by Crippen LogP contribution is 2.48. The molecule has 0 radical (unpaired) electrons. The second-order valence-electron chi connectivity index (χ2n) is 5.44. The third-order valence-corrected chi connectivity index (χ3v) is 4.10. The van der Waals surface area contributed by atoms with Crippen LogP contribution in [0, 0.1) is 5.41 Å². The number of aliphatic hydroxyl groups excluding tert-OH is 1. The molecule has 3 N–H and O–H groups in total. The standard InChI is InChI=1S/C14H19NO3/c16-6-5-14(3-4-14)9-15-12-8-18-13-7-10(17)1-2-11(12)13/h1-2,7,12,15-17H,3-6,8-9H2. The molecular formula is C14H19NO3. The first-order valence-electron chi connectivity index (χ1n) is 6.52. The third-order valence-electron chi connectivity index (χ3n) is 4.10. The molecule has 1 atom stereocenters. The van der Waals surface area contributed by atoms with Crippen molar-refractivity contribution in [2.75, 3.05) is 19.8 Å². The van der Waals surface area contributed by atoms with Gasteiger partial charge in [-0.3, -0.25) is 0 Å². The van der Waals surface area contributed by atoms with Crippen molar-refractivity contribution in [2.45, 2.75) is 25.3 Å². The van der Waals surface area contributed by atoms with Crippen molar-refractivity contribution in [1.82, 2.24) is 5.32 Å². The summed E-state index contributed by atoms with van der Waals surface area (Å²) in [7, 11) is 0. The van der Waals surface area contributed by atoms with E-state index in [1.807, 2.05) is 6.07 Å². The van der Waals surface area contributed by atoms with E-state index in [2.05, 4.69) is 5.32 Å². The minimum atomic E-state index is 0.205. The average Bonchev–Trinajstić information content (AvgIpc) is 3.00. The van der Waals surface area contributed by atoms with Gasteiger partial charge >= 0.3 is 0 Å². The zero-order valence-electron chi connectivity index (χ0n) is 10.4. The molecule has 98 valence electrons. The van der Waals surface area contributed by atoms with Crippen molar-refractivity contribution in [1.29, 1.82) is 0 Å². The number of phenols is 1. The molecule has 3 rings (SSSR count). The van der Waals surface area contributed by atoms with Gasteiger partial charge in [0, 0.05) is 24.8 Å². The Hall–Kier alpha value is -1.26. The van der Waals surface area contributed by atoms with Crippen LogP contribution in [0.2, 0.25) is 0 Å². The minimum absolute atomic E-state index is 0.205. The number of benzene rings is 1. The largest absolute Gasteiger partial charge is 0.508 e. The first-order valence-corrected chi connectivity index (χ1v) is 6.52. The quantitative estimate of drug-likeness (QED) is 0.741. The summed E-state index contributed by atoms with van der Waals surface area (Å²) in [5.41, 5.74) is 1.43. The molecule has 0 aromatic heterocycles. The highest BCUT2D eigenvalue weighted by Gasteiger charge is 2.42. The molecular weight excluding hydrogens is 230 g/mol. The first kappa shape index (κ1) is 11.8. The van der Waals surface area contributed by atoms with Crippen LogP contribution in [0.25, 0.3) is 0 Å². The first-order chi connectivity index (χ1) is 8.72. The van der Waals surface area contributed by atoms with Crippen LogP contribution in [0.15, 0.2) is 18.2 Å². The molecule has 1 aromatic carbocycles. The maximum Gasteiger partial charge on any atom is 0.127 e. The van der Waals surface area contributed by atoms with Crippen LogP contribution < -0.4 is 10.1 Å². The van der Waals surface area contributed by atoms with Gasteiger partial charge in [-0.2, -0.15) is 0 Å². The lowest BCUT2D eigenvalue weighted by Gasteiger charge is -2.18. The number of aromatic hydroxyl groups is 1. The molecule has 1 aliphatic heterocycles. The Morgan fingerprint density at radius 2 is 2.22 bits per heavy atom. The molecule has 1 fully saturated rings. The van der Waals surface area contributed by atoms with Crippen molar-refractivity contribution in [3.63, 3.8) is 0 Å². The molecule has 1 heterocycles. The fourth-order valence-electron chi connectivity index (χ4n) is 2.64. The van der Waals surface area contributed by atoms with Crippen LogP contribution in [0.4, 0.5) is 0 Å². The zero-order chi connectivity index (χ0) is 12.6. The Morgan fingerprint density at radius 1 is 1.39 bits per heavy atom. The van der Waals surface area contributed by atoms with Crippen molar-refractivity contribution in [2.24, 2.45) is 5.41 Å². The summed E-state index contributed by atoms with van der Waals surface area (Å²) >= 11 is 0. The van der Waals surface area contributed by atoms with E-state index in [1.54, 1.807) is 12.1 Å². The molecule has 1 unspecified atom stereocenters. The van der Waals surface area contributed by atoms with Crippen molar-refractivity contribution in [3.05, 3.63) is 23.8 Å². The number of hydrogen-bond donors (Lipinski definition) is 3. The Bertz CT molecular complexity index is 443. The summed E-state index contributed by atoms with van der Waals surface area (Å²) in [4.78, 5) is 0. The molecule has 4 heteroatoms. The minimum Gasteiger partial charge on any atom is -0.508 e. The second kappa shape index (κ2) is 4.44. The number of phenolic OH excluding ortho intramolecular Hbond substituents is 1. The van der Waals surface area contributed by atoms with Crippen LogP contribution in [0.5, 0.6) is 11.5 Å². The Kier molecular flexibility index (Phi) is 2.92. The number of rotatable bonds is 5. The number of nitrogens with one attached hydrogen (secondary N) is 1.